The number of aliphatic hydroxyl groups is 1. The molecule has 1 N–H and O–H groups in total. The number of morpholine rings is 1. The Labute approximate surface area is 117 Å². The van der Waals surface area contributed by atoms with Gasteiger partial charge in [-0.2, -0.15) is 0 Å². The lowest BCUT2D eigenvalue weighted by Gasteiger charge is -2.35. The van der Waals surface area contributed by atoms with E-state index in [0.717, 1.165) is 45.4 Å². The van der Waals surface area contributed by atoms with E-state index in [1.807, 2.05) is 0 Å². The summed E-state index contributed by atoms with van der Waals surface area (Å²) in [6.45, 7) is 7.43. The minimum absolute atomic E-state index is 0.300. The van der Waals surface area contributed by atoms with E-state index in [1.54, 1.807) is 0 Å². The summed E-state index contributed by atoms with van der Waals surface area (Å²) < 4.78 is 5.38. The number of aliphatic hydroxyl groups excluding tert-OH is 1. The maximum Gasteiger partial charge on any atom is 0.0594 e. The molecule has 4 heteroatoms. The molecule has 1 saturated carbocycles. The number of hydrogen-bond donors (Lipinski definition) is 1. The Bertz CT molecular complexity index is 226. The highest BCUT2D eigenvalue weighted by atomic mass is 16.5. The average molecular weight is 270 g/mol. The van der Waals surface area contributed by atoms with Crippen LogP contribution in [0.5, 0.6) is 0 Å². The van der Waals surface area contributed by atoms with Gasteiger partial charge in [0, 0.05) is 25.7 Å². The molecule has 0 spiro atoms. The van der Waals surface area contributed by atoms with Gasteiger partial charge in [0.2, 0.25) is 0 Å². The highest BCUT2D eigenvalue weighted by Gasteiger charge is 2.20. The molecule has 0 aromatic heterocycles. The Morgan fingerprint density at radius 3 is 2.47 bits per heavy atom. The van der Waals surface area contributed by atoms with Crippen molar-refractivity contribution < 1.29 is 9.84 Å². The van der Waals surface area contributed by atoms with Gasteiger partial charge in [-0.3, -0.25) is 9.80 Å². The van der Waals surface area contributed by atoms with Crippen molar-refractivity contribution in [1.29, 1.82) is 0 Å². The van der Waals surface area contributed by atoms with Crippen LogP contribution in [0.25, 0.3) is 0 Å². The predicted octanol–water partition coefficient (Wildman–Crippen LogP) is 1.34. The Balaban J connectivity index is 1.66. The zero-order valence-electron chi connectivity index (χ0n) is 12.2. The first-order valence-electron chi connectivity index (χ1n) is 8.05. The van der Waals surface area contributed by atoms with Gasteiger partial charge in [0.05, 0.1) is 19.8 Å². The van der Waals surface area contributed by atoms with E-state index >= 15 is 0 Å². The Hall–Kier alpha value is -0.160. The molecule has 1 aliphatic heterocycles. The predicted molar refractivity (Wildman–Crippen MR) is 77.4 cm³/mol. The van der Waals surface area contributed by atoms with Crippen LogP contribution < -0.4 is 0 Å². The molecule has 0 aromatic rings. The van der Waals surface area contributed by atoms with Gasteiger partial charge >= 0.3 is 0 Å². The van der Waals surface area contributed by atoms with E-state index in [9.17, 15) is 5.11 Å². The third kappa shape index (κ3) is 5.38. The first-order chi connectivity index (χ1) is 9.40. The minimum atomic E-state index is 0.300. The van der Waals surface area contributed by atoms with Crippen molar-refractivity contribution in [2.24, 2.45) is 0 Å². The smallest absolute Gasteiger partial charge is 0.0594 e. The van der Waals surface area contributed by atoms with E-state index in [0.29, 0.717) is 6.61 Å². The number of rotatable bonds is 7. The second-order valence-electron chi connectivity index (χ2n) is 5.86. The van der Waals surface area contributed by atoms with Crippen LogP contribution in [0.4, 0.5) is 0 Å². The number of hydrogen-bond acceptors (Lipinski definition) is 4. The molecule has 2 rings (SSSR count). The molecule has 112 valence electrons. The van der Waals surface area contributed by atoms with Crippen LogP contribution in [-0.4, -0.2) is 73.5 Å². The van der Waals surface area contributed by atoms with Crippen molar-refractivity contribution in [3.8, 4) is 0 Å². The van der Waals surface area contributed by atoms with Gasteiger partial charge in [0.15, 0.2) is 0 Å². The van der Waals surface area contributed by atoms with Crippen molar-refractivity contribution in [3.63, 3.8) is 0 Å². The highest BCUT2D eigenvalue weighted by molar-refractivity contribution is 4.76. The molecule has 1 heterocycles. The van der Waals surface area contributed by atoms with Gasteiger partial charge in [0.25, 0.3) is 0 Å². The van der Waals surface area contributed by atoms with Crippen molar-refractivity contribution in [1.82, 2.24) is 9.80 Å². The molecule has 19 heavy (non-hydrogen) atoms. The van der Waals surface area contributed by atoms with Crippen LogP contribution in [0.15, 0.2) is 0 Å². The molecule has 0 aromatic carbocycles. The fourth-order valence-corrected chi connectivity index (χ4v) is 3.37. The van der Waals surface area contributed by atoms with E-state index < -0.39 is 0 Å². The van der Waals surface area contributed by atoms with Gasteiger partial charge in [-0.05, 0) is 32.4 Å². The van der Waals surface area contributed by atoms with E-state index in [-0.39, 0.29) is 0 Å². The molecule has 0 bridgehead atoms. The van der Waals surface area contributed by atoms with Crippen LogP contribution in [0.2, 0.25) is 0 Å². The summed E-state index contributed by atoms with van der Waals surface area (Å²) in [5, 5.41) is 9.25. The summed E-state index contributed by atoms with van der Waals surface area (Å²) in [5.41, 5.74) is 0. The fraction of sp³-hybridized carbons (Fsp3) is 1.00. The number of nitrogens with zero attached hydrogens (tertiary/aromatic N) is 2. The molecular formula is C15H30N2O2. The summed E-state index contributed by atoms with van der Waals surface area (Å²) in [6.07, 6.45) is 8.02. The van der Waals surface area contributed by atoms with Crippen molar-refractivity contribution in [3.05, 3.63) is 0 Å². The zero-order valence-corrected chi connectivity index (χ0v) is 12.2. The van der Waals surface area contributed by atoms with Crippen LogP contribution in [-0.2, 0) is 4.74 Å². The topological polar surface area (TPSA) is 35.9 Å². The highest BCUT2D eigenvalue weighted by Crippen LogP contribution is 2.22. The molecule has 0 atom stereocenters. The second-order valence-corrected chi connectivity index (χ2v) is 5.86. The van der Waals surface area contributed by atoms with Crippen molar-refractivity contribution in [2.45, 2.75) is 44.6 Å². The first kappa shape index (κ1) is 15.2. The maximum absolute atomic E-state index is 9.25. The number of ether oxygens (including phenoxy) is 1. The van der Waals surface area contributed by atoms with Crippen LogP contribution >= 0.6 is 0 Å². The van der Waals surface area contributed by atoms with Gasteiger partial charge in [-0.25, -0.2) is 0 Å². The SMILES string of the molecule is OCCN(CCCN1CCOCC1)C1CCCCC1. The molecule has 1 aliphatic carbocycles. The van der Waals surface area contributed by atoms with Crippen LogP contribution in [0, 0.1) is 0 Å². The fourth-order valence-electron chi connectivity index (χ4n) is 3.37. The summed E-state index contributed by atoms with van der Waals surface area (Å²) in [4.78, 5) is 5.03. The Morgan fingerprint density at radius 1 is 1.05 bits per heavy atom. The Kier molecular flexibility index (Phi) is 7.14. The summed E-state index contributed by atoms with van der Waals surface area (Å²) >= 11 is 0. The summed E-state index contributed by atoms with van der Waals surface area (Å²) in [6, 6.07) is 0.727. The van der Waals surface area contributed by atoms with Gasteiger partial charge in [0.1, 0.15) is 0 Å². The summed E-state index contributed by atoms with van der Waals surface area (Å²) in [5.74, 6) is 0. The zero-order chi connectivity index (χ0) is 13.3. The molecule has 1 saturated heterocycles. The van der Waals surface area contributed by atoms with Gasteiger partial charge < -0.3 is 9.84 Å². The monoisotopic (exact) mass is 270 g/mol. The van der Waals surface area contributed by atoms with E-state index in [2.05, 4.69) is 9.80 Å². The minimum Gasteiger partial charge on any atom is -0.395 e. The molecule has 2 fully saturated rings. The van der Waals surface area contributed by atoms with Crippen LogP contribution in [0.3, 0.4) is 0 Å². The van der Waals surface area contributed by atoms with Crippen molar-refractivity contribution >= 4 is 0 Å². The third-order valence-corrected chi connectivity index (χ3v) is 4.50. The molecule has 0 radical (unpaired) electrons. The third-order valence-electron chi connectivity index (χ3n) is 4.50. The molecular weight excluding hydrogens is 240 g/mol. The molecule has 0 amide bonds. The standard InChI is InChI=1S/C15H30N2O2/c18-12-9-17(15-5-2-1-3-6-15)8-4-7-16-10-13-19-14-11-16/h15,18H,1-14H2. The van der Waals surface area contributed by atoms with Gasteiger partial charge in [-0.15, -0.1) is 0 Å². The molecule has 2 aliphatic rings. The van der Waals surface area contributed by atoms with Crippen LogP contribution in [0.1, 0.15) is 38.5 Å². The van der Waals surface area contributed by atoms with Gasteiger partial charge in [-0.1, -0.05) is 19.3 Å². The Morgan fingerprint density at radius 2 is 1.79 bits per heavy atom. The first-order valence-corrected chi connectivity index (χ1v) is 8.05. The lowest BCUT2D eigenvalue weighted by Crippen LogP contribution is -2.42. The van der Waals surface area contributed by atoms with E-state index in [4.69, 9.17) is 4.74 Å². The molecule has 4 nitrogen and oxygen atoms in total. The van der Waals surface area contributed by atoms with Crippen molar-refractivity contribution in [2.75, 3.05) is 52.5 Å². The molecule has 0 unspecified atom stereocenters. The summed E-state index contributed by atoms with van der Waals surface area (Å²) in [7, 11) is 0. The van der Waals surface area contributed by atoms with E-state index in [1.165, 1.54) is 45.1 Å². The average Bonchev–Trinajstić information content (AvgIpc) is 2.48. The lowest BCUT2D eigenvalue weighted by molar-refractivity contribution is 0.0343. The second kappa shape index (κ2) is 8.90. The lowest BCUT2D eigenvalue weighted by atomic mass is 9.94. The normalized spacial score (nSPS) is 23.1. The maximum atomic E-state index is 9.25. The largest absolute Gasteiger partial charge is 0.395 e. The quantitative estimate of drug-likeness (QED) is 0.757.